The Bertz CT molecular complexity index is 423. The van der Waals surface area contributed by atoms with Crippen molar-refractivity contribution < 1.29 is 9.47 Å². The van der Waals surface area contributed by atoms with Gasteiger partial charge in [-0.15, -0.1) is 0 Å². The Hall–Kier alpha value is -1.10. The van der Waals surface area contributed by atoms with Crippen molar-refractivity contribution in [2.45, 2.75) is 38.0 Å². The zero-order valence-electron chi connectivity index (χ0n) is 12.1. The Morgan fingerprint density at radius 3 is 2.50 bits per heavy atom. The first-order chi connectivity index (χ1) is 9.74. The van der Waals surface area contributed by atoms with Crippen LogP contribution in [0, 0.1) is 0 Å². The predicted octanol–water partition coefficient (Wildman–Crippen LogP) is 1.95. The Morgan fingerprint density at radius 2 is 1.90 bits per heavy atom. The van der Waals surface area contributed by atoms with Crippen molar-refractivity contribution in [1.82, 2.24) is 4.90 Å². The molecule has 0 aromatic heterocycles. The average Bonchev–Trinajstić information content (AvgIpc) is 2.79. The van der Waals surface area contributed by atoms with Crippen LogP contribution in [0.25, 0.3) is 0 Å². The number of hydrogen-bond donors (Lipinski definition) is 1. The highest BCUT2D eigenvalue weighted by Gasteiger charge is 2.34. The molecule has 1 aromatic carbocycles. The summed E-state index contributed by atoms with van der Waals surface area (Å²) in [4.78, 5) is 2.45. The lowest BCUT2D eigenvalue weighted by atomic mass is 10.1. The Morgan fingerprint density at radius 1 is 1.25 bits per heavy atom. The van der Waals surface area contributed by atoms with Gasteiger partial charge in [0, 0.05) is 25.7 Å². The van der Waals surface area contributed by atoms with E-state index in [0.717, 1.165) is 25.4 Å². The summed E-state index contributed by atoms with van der Waals surface area (Å²) in [7, 11) is 0. The molecule has 1 aromatic rings. The van der Waals surface area contributed by atoms with Crippen LogP contribution in [0.4, 0.5) is 0 Å². The normalized spacial score (nSPS) is 27.5. The van der Waals surface area contributed by atoms with Crippen molar-refractivity contribution in [2.24, 2.45) is 5.73 Å². The molecule has 0 radical (unpaired) electrons. The number of nitrogens with two attached hydrogens (primary N) is 1. The number of likely N-dealkylation sites (tertiary alicyclic amines) is 1. The molecule has 0 spiro atoms. The number of benzene rings is 1. The summed E-state index contributed by atoms with van der Waals surface area (Å²) in [6, 6.07) is 8.21. The van der Waals surface area contributed by atoms with Crippen LogP contribution in [0.2, 0.25) is 0 Å². The Labute approximate surface area is 120 Å². The largest absolute Gasteiger partial charge is 0.494 e. The molecule has 3 rings (SSSR count). The van der Waals surface area contributed by atoms with Gasteiger partial charge in [0.25, 0.3) is 0 Å². The van der Waals surface area contributed by atoms with Crippen molar-refractivity contribution in [1.29, 1.82) is 0 Å². The zero-order valence-corrected chi connectivity index (χ0v) is 12.1. The van der Waals surface area contributed by atoms with E-state index in [2.05, 4.69) is 17.0 Å². The molecule has 0 aliphatic carbocycles. The van der Waals surface area contributed by atoms with Crippen LogP contribution in [-0.2, 0) is 4.74 Å². The fraction of sp³-hybridized carbons (Fsp3) is 0.625. The average molecular weight is 276 g/mol. The standard InChI is InChI=1S/C16H24N2O2/c1-2-19-13-5-3-12(4-6-13)16(17)11-18-9-14-7-8-15(10-18)20-14/h3-6,14-16H,2,7-11,17H2,1H3. The molecule has 0 amide bonds. The third kappa shape index (κ3) is 3.14. The van der Waals surface area contributed by atoms with Gasteiger partial charge < -0.3 is 15.2 Å². The molecule has 2 heterocycles. The van der Waals surface area contributed by atoms with Crippen LogP contribution < -0.4 is 10.5 Å². The van der Waals surface area contributed by atoms with Gasteiger partial charge in [0.15, 0.2) is 0 Å². The van der Waals surface area contributed by atoms with Gasteiger partial charge >= 0.3 is 0 Å². The monoisotopic (exact) mass is 276 g/mol. The van der Waals surface area contributed by atoms with E-state index in [1.165, 1.54) is 18.4 Å². The van der Waals surface area contributed by atoms with Crippen molar-refractivity contribution >= 4 is 0 Å². The number of hydrogen-bond acceptors (Lipinski definition) is 4. The number of ether oxygens (including phenoxy) is 2. The highest BCUT2D eigenvalue weighted by molar-refractivity contribution is 5.29. The van der Waals surface area contributed by atoms with Crippen molar-refractivity contribution in [2.75, 3.05) is 26.2 Å². The third-order valence-corrected chi connectivity index (χ3v) is 4.19. The smallest absolute Gasteiger partial charge is 0.119 e. The second-order valence-corrected chi connectivity index (χ2v) is 5.78. The van der Waals surface area contributed by atoms with E-state index < -0.39 is 0 Å². The fourth-order valence-electron chi connectivity index (χ4n) is 3.21. The summed E-state index contributed by atoms with van der Waals surface area (Å²) in [6.45, 7) is 5.65. The van der Waals surface area contributed by atoms with Crippen LogP contribution in [-0.4, -0.2) is 43.3 Å². The van der Waals surface area contributed by atoms with Gasteiger partial charge in [0.2, 0.25) is 0 Å². The van der Waals surface area contributed by atoms with E-state index >= 15 is 0 Å². The maximum absolute atomic E-state index is 6.34. The second-order valence-electron chi connectivity index (χ2n) is 5.78. The number of rotatable bonds is 5. The molecule has 2 N–H and O–H groups in total. The number of nitrogens with zero attached hydrogens (tertiary/aromatic N) is 1. The number of morpholine rings is 1. The molecule has 2 aliphatic heterocycles. The van der Waals surface area contributed by atoms with E-state index in [-0.39, 0.29) is 6.04 Å². The SMILES string of the molecule is CCOc1ccc(C(N)CN2CC3CCC(C2)O3)cc1. The van der Waals surface area contributed by atoms with Gasteiger partial charge in [0.05, 0.1) is 18.8 Å². The first-order valence-corrected chi connectivity index (χ1v) is 7.60. The molecule has 4 heteroatoms. The summed E-state index contributed by atoms with van der Waals surface area (Å²) in [5, 5.41) is 0. The first kappa shape index (κ1) is 13.9. The van der Waals surface area contributed by atoms with E-state index in [1.54, 1.807) is 0 Å². The van der Waals surface area contributed by atoms with Gasteiger partial charge in [-0.25, -0.2) is 0 Å². The summed E-state index contributed by atoms with van der Waals surface area (Å²) < 4.78 is 11.3. The molecule has 2 fully saturated rings. The molecule has 20 heavy (non-hydrogen) atoms. The topological polar surface area (TPSA) is 47.7 Å². The van der Waals surface area contributed by atoms with E-state index in [0.29, 0.717) is 18.8 Å². The van der Waals surface area contributed by atoms with Gasteiger partial charge in [-0.1, -0.05) is 12.1 Å². The lowest BCUT2D eigenvalue weighted by molar-refractivity contribution is -0.0397. The van der Waals surface area contributed by atoms with E-state index in [9.17, 15) is 0 Å². The third-order valence-electron chi connectivity index (χ3n) is 4.19. The van der Waals surface area contributed by atoms with Crippen LogP contribution in [0.5, 0.6) is 5.75 Å². The zero-order chi connectivity index (χ0) is 13.9. The molecule has 2 saturated heterocycles. The highest BCUT2D eigenvalue weighted by Crippen LogP contribution is 2.27. The molecule has 3 atom stereocenters. The lowest BCUT2D eigenvalue weighted by Crippen LogP contribution is -2.45. The minimum Gasteiger partial charge on any atom is -0.494 e. The van der Waals surface area contributed by atoms with Crippen LogP contribution in [0.1, 0.15) is 31.4 Å². The quantitative estimate of drug-likeness (QED) is 0.893. The van der Waals surface area contributed by atoms with Crippen LogP contribution in [0.15, 0.2) is 24.3 Å². The summed E-state index contributed by atoms with van der Waals surface area (Å²) >= 11 is 0. The van der Waals surface area contributed by atoms with Gasteiger partial charge in [-0.3, -0.25) is 4.90 Å². The minimum absolute atomic E-state index is 0.0585. The molecule has 0 saturated carbocycles. The maximum atomic E-state index is 6.34. The minimum atomic E-state index is 0.0585. The molecule has 3 unspecified atom stereocenters. The lowest BCUT2D eigenvalue weighted by Gasteiger charge is -2.33. The van der Waals surface area contributed by atoms with E-state index in [4.69, 9.17) is 15.2 Å². The predicted molar refractivity (Wildman–Crippen MR) is 78.9 cm³/mol. The highest BCUT2D eigenvalue weighted by atomic mass is 16.5. The summed E-state index contributed by atoms with van der Waals surface area (Å²) in [5.74, 6) is 0.910. The number of fused-ring (bicyclic) bond motifs is 2. The van der Waals surface area contributed by atoms with Crippen molar-refractivity contribution in [3.05, 3.63) is 29.8 Å². The van der Waals surface area contributed by atoms with Gasteiger partial charge in [-0.2, -0.15) is 0 Å². The van der Waals surface area contributed by atoms with Crippen LogP contribution >= 0.6 is 0 Å². The Kier molecular flexibility index (Phi) is 4.24. The van der Waals surface area contributed by atoms with E-state index in [1.807, 2.05) is 19.1 Å². The maximum Gasteiger partial charge on any atom is 0.119 e. The summed E-state index contributed by atoms with van der Waals surface area (Å²) in [5.41, 5.74) is 7.51. The van der Waals surface area contributed by atoms with Crippen LogP contribution in [0.3, 0.4) is 0 Å². The summed E-state index contributed by atoms with van der Waals surface area (Å²) in [6.07, 6.45) is 3.28. The molecule has 2 aliphatic rings. The van der Waals surface area contributed by atoms with Gasteiger partial charge in [-0.05, 0) is 37.5 Å². The van der Waals surface area contributed by atoms with Crippen molar-refractivity contribution in [3.8, 4) is 5.75 Å². The Balaban J connectivity index is 1.57. The fourth-order valence-corrected chi connectivity index (χ4v) is 3.21. The molecule has 110 valence electrons. The molecule has 4 nitrogen and oxygen atoms in total. The molecule has 2 bridgehead atoms. The second kappa shape index (κ2) is 6.12. The molecular weight excluding hydrogens is 252 g/mol. The van der Waals surface area contributed by atoms with Crippen molar-refractivity contribution in [3.63, 3.8) is 0 Å². The molecular formula is C16H24N2O2. The first-order valence-electron chi connectivity index (χ1n) is 7.60. The van der Waals surface area contributed by atoms with Gasteiger partial charge in [0.1, 0.15) is 5.75 Å².